The fourth-order valence-electron chi connectivity index (χ4n) is 6.19. The van der Waals surface area contributed by atoms with Crippen molar-refractivity contribution in [2.45, 2.75) is 76.1 Å². The highest BCUT2D eigenvalue weighted by Crippen LogP contribution is 2.45. The van der Waals surface area contributed by atoms with Crippen LogP contribution in [0.1, 0.15) is 68.1 Å². The summed E-state index contributed by atoms with van der Waals surface area (Å²) in [7, 11) is 0. The molecule has 1 saturated heterocycles. The Labute approximate surface area is 227 Å². The fourth-order valence-corrected chi connectivity index (χ4v) is 6.73. The van der Waals surface area contributed by atoms with Crippen LogP contribution in [-0.2, 0) is 14.3 Å². The standard InChI is InChI=1S/C31H35BrO5/c32-26(27(33)16-11-20-7-3-1-4-8-20)17-24-25-18-30(34)36-28(25)19-29(24)37-31(35)23-14-12-22(13-15-23)21-9-5-2-6-10-21/h2,5-6,9-10,12-15,17,20,24-25,27-29,33H,1,3-4,7-8,11,16,18-19H2/b26-17-/t24-,25+,27-,28-,29+/m0/s1. The lowest BCUT2D eigenvalue weighted by molar-refractivity contribution is -0.141. The maximum atomic E-state index is 13.1. The van der Waals surface area contributed by atoms with E-state index in [4.69, 9.17) is 9.47 Å². The lowest BCUT2D eigenvalue weighted by Gasteiger charge is -2.24. The lowest BCUT2D eigenvalue weighted by atomic mass is 9.85. The van der Waals surface area contributed by atoms with Crippen LogP contribution in [0.3, 0.4) is 0 Å². The number of aliphatic hydroxyl groups excluding tert-OH is 1. The smallest absolute Gasteiger partial charge is 0.338 e. The molecule has 0 amide bonds. The first-order chi connectivity index (χ1) is 18.0. The van der Waals surface area contributed by atoms with Gasteiger partial charge in [0.25, 0.3) is 0 Å². The molecule has 2 saturated carbocycles. The molecule has 5 nitrogen and oxygen atoms in total. The Balaban J connectivity index is 1.25. The Morgan fingerprint density at radius 3 is 2.49 bits per heavy atom. The number of fused-ring (bicyclic) bond motifs is 1. The van der Waals surface area contributed by atoms with Gasteiger partial charge in [-0.3, -0.25) is 4.79 Å². The average molecular weight is 568 g/mol. The predicted octanol–water partition coefficient (Wildman–Crippen LogP) is 6.83. The number of esters is 2. The van der Waals surface area contributed by atoms with Crippen molar-refractivity contribution in [3.05, 3.63) is 70.7 Å². The van der Waals surface area contributed by atoms with Crippen LogP contribution in [0, 0.1) is 17.8 Å². The zero-order valence-electron chi connectivity index (χ0n) is 21.1. The highest BCUT2D eigenvalue weighted by molar-refractivity contribution is 9.11. The summed E-state index contributed by atoms with van der Waals surface area (Å²) in [6.07, 6.45) is 9.62. The molecule has 196 valence electrons. The third-order valence-electron chi connectivity index (χ3n) is 8.28. The molecule has 37 heavy (non-hydrogen) atoms. The number of carbonyl (C=O) groups is 2. The second kappa shape index (κ2) is 12.0. The lowest BCUT2D eigenvalue weighted by Crippen LogP contribution is -2.25. The molecule has 5 atom stereocenters. The summed E-state index contributed by atoms with van der Waals surface area (Å²) in [6.45, 7) is 0. The Kier molecular flexibility index (Phi) is 8.46. The summed E-state index contributed by atoms with van der Waals surface area (Å²) >= 11 is 3.60. The van der Waals surface area contributed by atoms with E-state index in [1.807, 2.05) is 48.5 Å². The minimum absolute atomic E-state index is 0.0520. The van der Waals surface area contributed by atoms with Crippen molar-refractivity contribution >= 4 is 27.9 Å². The highest BCUT2D eigenvalue weighted by Gasteiger charge is 2.51. The summed E-state index contributed by atoms with van der Waals surface area (Å²) in [6, 6.07) is 17.4. The van der Waals surface area contributed by atoms with Crippen molar-refractivity contribution in [3.8, 4) is 11.1 Å². The van der Waals surface area contributed by atoms with E-state index >= 15 is 0 Å². The average Bonchev–Trinajstić information content (AvgIpc) is 3.44. The minimum atomic E-state index is -0.596. The topological polar surface area (TPSA) is 72.8 Å². The van der Waals surface area contributed by atoms with Crippen molar-refractivity contribution in [3.63, 3.8) is 0 Å². The van der Waals surface area contributed by atoms with Crippen LogP contribution in [0.25, 0.3) is 11.1 Å². The number of benzene rings is 2. The number of rotatable bonds is 8. The molecule has 5 rings (SSSR count). The van der Waals surface area contributed by atoms with Gasteiger partial charge >= 0.3 is 11.9 Å². The molecule has 1 aliphatic heterocycles. The number of hydrogen-bond acceptors (Lipinski definition) is 5. The molecule has 0 bridgehead atoms. The van der Waals surface area contributed by atoms with Gasteiger partial charge in [-0.15, -0.1) is 0 Å². The summed E-state index contributed by atoms with van der Waals surface area (Å²) < 4.78 is 12.2. The molecule has 0 aromatic heterocycles. The minimum Gasteiger partial charge on any atom is -0.462 e. The molecule has 0 radical (unpaired) electrons. The van der Waals surface area contributed by atoms with E-state index in [9.17, 15) is 14.7 Å². The molecule has 3 fully saturated rings. The first-order valence-corrected chi connectivity index (χ1v) is 14.4. The number of hydrogen-bond donors (Lipinski definition) is 1. The third kappa shape index (κ3) is 6.35. The maximum Gasteiger partial charge on any atom is 0.338 e. The molecule has 0 unspecified atom stereocenters. The largest absolute Gasteiger partial charge is 0.462 e. The zero-order valence-corrected chi connectivity index (χ0v) is 22.6. The van der Waals surface area contributed by atoms with Crippen molar-refractivity contribution in [2.24, 2.45) is 17.8 Å². The van der Waals surface area contributed by atoms with E-state index in [1.54, 1.807) is 12.1 Å². The van der Waals surface area contributed by atoms with Gasteiger partial charge in [0, 0.05) is 22.7 Å². The van der Waals surface area contributed by atoms with Crippen LogP contribution in [0.5, 0.6) is 0 Å². The summed E-state index contributed by atoms with van der Waals surface area (Å²) in [5.41, 5.74) is 2.61. The molecule has 6 heteroatoms. The van der Waals surface area contributed by atoms with Crippen LogP contribution < -0.4 is 0 Å². The first kappa shape index (κ1) is 26.2. The molecule has 1 heterocycles. The Morgan fingerprint density at radius 2 is 1.76 bits per heavy atom. The second-order valence-electron chi connectivity index (χ2n) is 10.7. The first-order valence-electron chi connectivity index (χ1n) is 13.6. The SMILES string of the molecule is O=C1C[C@@H]2[C@H](/C=C(\Br)[C@@H](O)CCC3CCCCC3)[C@H](OC(=O)c3ccc(-c4ccccc4)cc3)C[C@@H]2O1. The molecule has 3 aliphatic rings. The summed E-state index contributed by atoms with van der Waals surface area (Å²) in [5, 5.41) is 10.8. The van der Waals surface area contributed by atoms with Crippen LogP contribution in [0.15, 0.2) is 65.2 Å². The zero-order chi connectivity index (χ0) is 25.8. The molecule has 2 aliphatic carbocycles. The summed E-state index contributed by atoms with van der Waals surface area (Å²) in [5.74, 6) is -0.138. The van der Waals surface area contributed by atoms with Crippen molar-refractivity contribution in [1.82, 2.24) is 0 Å². The number of halogens is 1. The Morgan fingerprint density at radius 1 is 1.05 bits per heavy atom. The summed E-state index contributed by atoms with van der Waals surface area (Å²) in [4.78, 5) is 25.1. The van der Waals surface area contributed by atoms with Gasteiger partial charge in [0.2, 0.25) is 0 Å². The highest BCUT2D eigenvalue weighted by atomic mass is 79.9. The van der Waals surface area contributed by atoms with Crippen LogP contribution in [-0.4, -0.2) is 35.4 Å². The Hall–Kier alpha value is -2.44. The van der Waals surface area contributed by atoms with E-state index in [2.05, 4.69) is 15.9 Å². The van der Waals surface area contributed by atoms with E-state index in [1.165, 1.54) is 32.1 Å². The van der Waals surface area contributed by atoms with Crippen molar-refractivity contribution < 1.29 is 24.2 Å². The van der Waals surface area contributed by atoms with E-state index in [-0.39, 0.29) is 29.9 Å². The van der Waals surface area contributed by atoms with Gasteiger partial charge in [-0.25, -0.2) is 4.79 Å². The van der Waals surface area contributed by atoms with E-state index in [0.29, 0.717) is 35.2 Å². The second-order valence-corrected chi connectivity index (χ2v) is 11.7. The molecule has 2 aromatic rings. The normalized spacial score (nSPS) is 27.0. The van der Waals surface area contributed by atoms with Gasteiger partial charge in [-0.1, -0.05) is 96.6 Å². The Bertz CT molecular complexity index is 1110. The molecule has 1 N–H and O–H groups in total. The van der Waals surface area contributed by atoms with Gasteiger partial charge in [-0.2, -0.15) is 0 Å². The van der Waals surface area contributed by atoms with Gasteiger partial charge in [0.1, 0.15) is 12.2 Å². The van der Waals surface area contributed by atoms with Crippen LogP contribution >= 0.6 is 15.9 Å². The molecular weight excluding hydrogens is 532 g/mol. The van der Waals surface area contributed by atoms with Gasteiger partial charge in [-0.05, 0) is 42.0 Å². The third-order valence-corrected chi connectivity index (χ3v) is 9.07. The molecule has 2 aromatic carbocycles. The van der Waals surface area contributed by atoms with E-state index < -0.39 is 12.2 Å². The maximum absolute atomic E-state index is 13.1. The monoisotopic (exact) mass is 566 g/mol. The fraction of sp³-hybridized carbons (Fsp3) is 0.484. The quantitative estimate of drug-likeness (QED) is 0.354. The number of ether oxygens (including phenoxy) is 2. The molecule has 0 spiro atoms. The van der Waals surface area contributed by atoms with E-state index in [0.717, 1.165) is 17.5 Å². The van der Waals surface area contributed by atoms with Crippen LogP contribution in [0.4, 0.5) is 0 Å². The van der Waals surface area contributed by atoms with Gasteiger partial charge in [0.05, 0.1) is 18.1 Å². The van der Waals surface area contributed by atoms with Crippen LogP contribution in [0.2, 0.25) is 0 Å². The van der Waals surface area contributed by atoms with Gasteiger partial charge in [0.15, 0.2) is 0 Å². The van der Waals surface area contributed by atoms with Crippen molar-refractivity contribution in [1.29, 1.82) is 0 Å². The number of aliphatic hydroxyl groups is 1. The molecular formula is C31H35BrO5. The predicted molar refractivity (Wildman–Crippen MR) is 146 cm³/mol. The van der Waals surface area contributed by atoms with Crippen molar-refractivity contribution in [2.75, 3.05) is 0 Å². The van der Waals surface area contributed by atoms with Gasteiger partial charge < -0.3 is 14.6 Å². The number of carbonyl (C=O) groups excluding carboxylic acids is 2.